The molecule has 2 aromatic rings. The highest BCUT2D eigenvalue weighted by molar-refractivity contribution is 5.39. The topological polar surface area (TPSA) is 44.5 Å². The van der Waals surface area contributed by atoms with Crippen LogP contribution in [0.15, 0.2) is 42.5 Å². The third-order valence-corrected chi connectivity index (χ3v) is 4.03. The number of methoxy groups -OCH3 is 1. The second-order valence-corrected chi connectivity index (χ2v) is 5.86. The molecule has 0 aliphatic heterocycles. The van der Waals surface area contributed by atoms with Crippen LogP contribution in [-0.2, 0) is 6.42 Å². The fourth-order valence-electron chi connectivity index (χ4n) is 2.76. The van der Waals surface area contributed by atoms with Crippen molar-refractivity contribution in [1.29, 1.82) is 0 Å². The van der Waals surface area contributed by atoms with Crippen LogP contribution in [0.1, 0.15) is 36.0 Å². The van der Waals surface area contributed by atoms with Gasteiger partial charge in [-0.1, -0.05) is 31.2 Å². The molecule has 0 aliphatic carbocycles. The van der Waals surface area contributed by atoms with Crippen LogP contribution in [0.5, 0.6) is 11.5 Å². The Hall–Kier alpha value is -2.00. The summed E-state index contributed by atoms with van der Waals surface area (Å²) in [6, 6.07) is 14.6. The zero-order valence-electron chi connectivity index (χ0n) is 14.3. The molecule has 0 amide bonds. The lowest BCUT2D eigenvalue weighted by atomic mass is 9.91. The number of nitrogens with two attached hydrogens (primary N) is 1. The van der Waals surface area contributed by atoms with Crippen molar-refractivity contribution in [2.75, 3.05) is 20.3 Å². The second kappa shape index (κ2) is 8.59. The largest absolute Gasteiger partial charge is 0.496 e. The molecule has 23 heavy (non-hydrogen) atoms. The first kappa shape index (κ1) is 17.4. The molecular weight excluding hydrogens is 286 g/mol. The molecule has 124 valence electrons. The first-order chi connectivity index (χ1) is 11.2. The number of hydrogen-bond acceptors (Lipinski definition) is 3. The summed E-state index contributed by atoms with van der Waals surface area (Å²) in [4.78, 5) is 0. The SMILES string of the molecule is CCCOc1cccc(CC(CN)c2ccc(OC)c(C)c2)c1. The average Bonchev–Trinajstić information content (AvgIpc) is 2.58. The summed E-state index contributed by atoms with van der Waals surface area (Å²) in [6.45, 7) is 5.54. The molecule has 1 atom stereocenters. The zero-order chi connectivity index (χ0) is 16.7. The van der Waals surface area contributed by atoms with Crippen LogP contribution in [-0.4, -0.2) is 20.3 Å². The van der Waals surface area contributed by atoms with Crippen molar-refractivity contribution in [2.45, 2.75) is 32.6 Å². The quantitative estimate of drug-likeness (QED) is 0.798. The molecule has 2 rings (SSSR count). The van der Waals surface area contributed by atoms with E-state index in [2.05, 4.69) is 38.1 Å². The smallest absolute Gasteiger partial charge is 0.121 e. The van der Waals surface area contributed by atoms with Gasteiger partial charge >= 0.3 is 0 Å². The van der Waals surface area contributed by atoms with Gasteiger partial charge in [0.2, 0.25) is 0 Å². The van der Waals surface area contributed by atoms with Crippen LogP contribution in [0.4, 0.5) is 0 Å². The van der Waals surface area contributed by atoms with E-state index in [1.165, 1.54) is 11.1 Å². The van der Waals surface area contributed by atoms with Crippen LogP contribution in [0.2, 0.25) is 0 Å². The van der Waals surface area contributed by atoms with E-state index >= 15 is 0 Å². The summed E-state index contributed by atoms with van der Waals surface area (Å²) in [6.07, 6.45) is 1.92. The molecule has 0 heterocycles. The molecule has 2 N–H and O–H groups in total. The summed E-state index contributed by atoms with van der Waals surface area (Å²) < 4.78 is 11.1. The highest BCUT2D eigenvalue weighted by atomic mass is 16.5. The average molecular weight is 313 g/mol. The van der Waals surface area contributed by atoms with Gasteiger partial charge in [0.15, 0.2) is 0 Å². The molecule has 2 aromatic carbocycles. The highest BCUT2D eigenvalue weighted by Gasteiger charge is 2.13. The summed E-state index contributed by atoms with van der Waals surface area (Å²) in [7, 11) is 1.70. The maximum Gasteiger partial charge on any atom is 0.121 e. The van der Waals surface area contributed by atoms with E-state index in [1.54, 1.807) is 7.11 Å². The lowest BCUT2D eigenvalue weighted by Crippen LogP contribution is -2.15. The lowest BCUT2D eigenvalue weighted by molar-refractivity contribution is 0.317. The van der Waals surface area contributed by atoms with Gasteiger partial charge in [-0.25, -0.2) is 0 Å². The first-order valence-corrected chi connectivity index (χ1v) is 8.24. The number of ether oxygens (including phenoxy) is 2. The van der Waals surface area contributed by atoms with Crippen molar-refractivity contribution in [3.8, 4) is 11.5 Å². The van der Waals surface area contributed by atoms with Gasteiger partial charge in [-0.15, -0.1) is 0 Å². The van der Waals surface area contributed by atoms with Gasteiger partial charge < -0.3 is 15.2 Å². The van der Waals surface area contributed by atoms with Crippen LogP contribution >= 0.6 is 0 Å². The maximum atomic E-state index is 6.03. The molecular formula is C20H27NO2. The maximum absolute atomic E-state index is 6.03. The first-order valence-electron chi connectivity index (χ1n) is 8.24. The van der Waals surface area contributed by atoms with Crippen molar-refractivity contribution < 1.29 is 9.47 Å². The van der Waals surface area contributed by atoms with Crippen molar-refractivity contribution in [1.82, 2.24) is 0 Å². The number of benzene rings is 2. The fraction of sp³-hybridized carbons (Fsp3) is 0.400. The van der Waals surface area contributed by atoms with E-state index < -0.39 is 0 Å². The van der Waals surface area contributed by atoms with Crippen molar-refractivity contribution in [2.24, 2.45) is 5.73 Å². The molecule has 3 nitrogen and oxygen atoms in total. The monoisotopic (exact) mass is 313 g/mol. The molecule has 0 aliphatic rings. The van der Waals surface area contributed by atoms with E-state index in [0.717, 1.165) is 36.5 Å². The van der Waals surface area contributed by atoms with E-state index in [4.69, 9.17) is 15.2 Å². The molecule has 3 heteroatoms. The van der Waals surface area contributed by atoms with Crippen molar-refractivity contribution in [3.05, 3.63) is 59.2 Å². The predicted molar refractivity (Wildman–Crippen MR) is 95.5 cm³/mol. The Kier molecular flexibility index (Phi) is 6.48. The summed E-state index contributed by atoms with van der Waals surface area (Å²) in [5.41, 5.74) is 9.68. The molecule has 0 spiro atoms. The summed E-state index contributed by atoms with van der Waals surface area (Å²) >= 11 is 0. The Balaban J connectivity index is 2.14. The van der Waals surface area contributed by atoms with Gasteiger partial charge in [0.05, 0.1) is 13.7 Å². The van der Waals surface area contributed by atoms with Gasteiger partial charge in [-0.2, -0.15) is 0 Å². The predicted octanol–water partition coefficient (Wildman–Crippen LogP) is 4.08. The van der Waals surface area contributed by atoms with Crippen LogP contribution in [0, 0.1) is 6.92 Å². The van der Waals surface area contributed by atoms with Crippen LogP contribution in [0.25, 0.3) is 0 Å². The van der Waals surface area contributed by atoms with Crippen LogP contribution < -0.4 is 15.2 Å². The minimum absolute atomic E-state index is 0.293. The number of hydrogen-bond donors (Lipinski definition) is 1. The standard InChI is InChI=1S/C20H27NO2/c1-4-10-23-19-7-5-6-16(13-19)12-18(14-21)17-8-9-20(22-3)15(2)11-17/h5-9,11,13,18H,4,10,12,14,21H2,1-3H3. The molecule has 0 bridgehead atoms. The fourth-order valence-corrected chi connectivity index (χ4v) is 2.76. The van der Waals surface area contributed by atoms with Gasteiger partial charge in [0.25, 0.3) is 0 Å². The minimum Gasteiger partial charge on any atom is -0.496 e. The van der Waals surface area contributed by atoms with E-state index in [0.29, 0.717) is 12.5 Å². The summed E-state index contributed by atoms with van der Waals surface area (Å²) in [5.74, 6) is 2.14. The Labute approximate surface area is 139 Å². The van der Waals surface area contributed by atoms with Crippen LogP contribution in [0.3, 0.4) is 0 Å². The van der Waals surface area contributed by atoms with Crippen molar-refractivity contribution >= 4 is 0 Å². The van der Waals surface area contributed by atoms with E-state index in [9.17, 15) is 0 Å². The molecule has 0 radical (unpaired) electrons. The number of aryl methyl sites for hydroxylation is 1. The zero-order valence-corrected chi connectivity index (χ0v) is 14.3. The molecule has 0 saturated heterocycles. The Morgan fingerprint density at radius 2 is 1.96 bits per heavy atom. The Morgan fingerprint density at radius 3 is 2.61 bits per heavy atom. The Morgan fingerprint density at radius 1 is 1.13 bits per heavy atom. The number of rotatable bonds is 8. The Bertz CT molecular complexity index is 625. The van der Waals surface area contributed by atoms with Gasteiger partial charge in [-0.05, 0) is 61.2 Å². The highest BCUT2D eigenvalue weighted by Crippen LogP contribution is 2.26. The molecule has 1 unspecified atom stereocenters. The lowest BCUT2D eigenvalue weighted by Gasteiger charge is -2.17. The second-order valence-electron chi connectivity index (χ2n) is 5.86. The molecule has 0 fully saturated rings. The molecule has 0 aromatic heterocycles. The third kappa shape index (κ3) is 4.73. The minimum atomic E-state index is 0.293. The molecule has 0 saturated carbocycles. The van der Waals surface area contributed by atoms with Gasteiger partial charge in [-0.3, -0.25) is 0 Å². The summed E-state index contributed by atoms with van der Waals surface area (Å²) in [5, 5.41) is 0. The normalized spacial score (nSPS) is 12.0. The third-order valence-electron chi connectivity index (χ3n) is 4.03. The van der Waals surface area contributed by atoms with E-state index in [1.807, 2.05) is 18.2 Å². The van der Waals surface area contributed by atoms with Crippen molar-refractivity contribution in [3.63, 3.8) is 0 Å². The van der Waals surface area contributed by atoms with Gasteiger partial charge in [0, 0.05) is 5.92 Å². The van der Waals surface area contributed by atoms with Gasteiger partial charge in [0.1, 0.15) is 11.5 Å². The van der Waals surface area contributed by atoms with E-state index in [-0.39, 0.29) is 0 Å².